The van der Waals surface area contributed by atoms with E-state index in [1.807, 2.05) is 44.3 Å². The van der Waals surface area contributed by atoms with E-state index >= 15 is 0 Å². The van der Waals surface area contributed by atoms with E-state index in [4.69, 9.17) is 4.74 Å². The minimum atomic E-state index is -0.320. The molecule has 0 radical (unpaired) electrons. The summed E-state index contributed by atoms with van der Waals surface area (Å²) in [6.07, 6.45) is 0. The summed E-state index contributed by atoms with van der Waals surface area (Å²) in [6, 6.07) is 11.5. The molecule has 0 atom stereocenters. The highest BCUT2D eigenvalue weighted by atomic mass is 16.5. The number of benzene rings is 1. The fourth-order valence-corrected chi connectivity index (χ4v) is 2.50. The van der Waals surface area contributed by atoms with E-state index in [0.717, 1.165) is 24.3 Å². The second-order valence-corrected chi connectivity index (χ2v) is 5.50. The summed E-state index contributed by atoms with van der Waals surface area (Å²) < 4.78 is 7.08. The van der Waals surface area contributed by atoms with Crippen LogP contribution in [-0.4, -0.2) is 52.7 Å². The van der Waals surface area contributed by atoms with Crippen LogP contribution in [0, 0.1) is 6.92 Å². The minimum Gasteiger partial charge on any atom is -0.378 e. The molecule has 0 unspecified atom stereocenters. The van der Waals surface area contributed by atoms with Gasteiger partial charge < -0.3 is 9.64 Å². The molecule has 6 nitrogen and oxygen atoms in total. The molecule has 2 heterocycles. The number of hydrogen-bond donors (Lipinski definition) is 0. The molecular formula is C17H20N4O2. The van der Waals surface area contributed by atoms with Crippen LogP contribution in [0.15, 0.2) is 41.4 Å². The summed E-state index contributed by atoms with van der Waals surface area (Å²) in [5.41, 5.74) is 2.22. The Morgan fingerprint density at radius 3 is 2.52 bits per heavy atom. The number of morpholine rings is 1. The van der Waals surface area contributed by atoms with Crippen molar-refractivity contribution in [2.45, 2.75) is 6.92 Å². The number of amides is 1. The number of nitrogens with zero attached hydrogens (tertiary/aromatic N) is 4. The number of amidine groups is 1. The van der Waals surface area contributed by atoms with Crippen molar-refractivity contribution in [2.75, 3.05) is 26.3 Å². The third-order valence-electron chi connectivity index (χ3n) is 3.88. The molecule has 0 spiro atoms. The molecule has 1 amide bonds. The van der Waals surface area contributed by atoms with E-state index in [9.17, 15) is 4.79 Å². The summed E-state index contributed by atoms with van der Waals surface area (Å²) in [5.74, 6) is 0.362. The number of aromatic nitrogens is 2. The predicted molar refractivity (Wildman–Crippen MR) is 87.6 cm³/mol. The van der Waals surface area contributed by atoms with Gasteiger partial charge in [-0.3, -0.25) is 9.48 Å². The van der Waals surface area contributed by atoms with Gasteiger partial charge in [-0.25, -0.2) is 0 Å². The van der Waals surface area contributed by atoms with Gasteiger partial charge in [-0.1, -0.05) is 30.3 Å². The Balaban J connectivity index is 1.95. The molecule has 23 heavy (non-hydrogen) atoms. The fraction of sp³-hybridized carbons (Fsp3) is 0.353. The first kappa shape index (κ1) is 15.4. The lowest BCUT2D eigenvalue weighted by Gasteiger charge is -2.29. The third kappa shape index (κ3) is 3.48. The van der Waals surface area contributed by atoms with Gasteiger partial charge in [-0.05, 0) is 13.0 Å². The Morgan fingerprint density at radius 2 is 1.91 bits per heavy atom. The molecule has 1 fully saturated rings. The molecule has 1 aliphatic heterocycles. The van der Waals surface area contributed by atoms with Gasteiger partial charge in [0, 0.05) is 31.4 Å². The van der Waals surface area contributed by atoms with Crippen molar-refractivity contribution in [3.05, 3.63) is 53.3 Å². The number of carbonyl (C=O) groups excluding carboxylic acids is 1. The second kappa shape index (κ2) is 6.75. The maximum atomic E-state index is 12.5. The molecule has 0 bridgehead atoms. The van der Waals surface area contributed by atoms with Crippen LogP contribution in [0.1, 0.15) is 21.7 Å². The lowest BCUT2D eigenvalue weighted by molar-refractivity contribution is 0.0678. The zero-order valence-corrected chi connectivity index (χ0v) is 13.4. The minimum absolute atomic E-state index is 0.320. The summed E-state index contributed by atoms with van der Waals surface area (Å²) in [4.78, 5) is 19.0. The van der Waals surface area contributed by atoms with Crippen LogP contribution in [0.3, 0.4) is 0 Å². The molecule has 2 aromatic rings. The Hall–Kier alpha value is -2.47. The standard InChI is InChI=1S/C17H20N4O2/c1-13-12-15(19-20(13)2)17(22)18-16(14-6-4-3-5-7-14)21-8-10-23-11-9-21/h3-7,12H,8-11H2,1-2H3. The number of hydrogen-bond acceptors (Lipinski definition) is 3. The van der Waals surface area contributed by atoms with Gasteiger partial charge in [0.05, 0.1) is 13.2 Å². The molecule has 1 saturated heterocycles. The summed E-state index contributed by atoms with van der Waals surface area (Å²) in [5, 5.41) is 4.22. The maximum Gasteiger partial charge on any atom is 0.299 e. The monoisotopic (exact) mass is 312 g/mol. The van der Waals surface area contributed by atoms with Gasteiger partial charge in [0.25, 0.3) is 5.91 Å². The zero-order valence-electron chi connectivity index (χ0n) is 13.4. The quantitative estimate of drug-likeness (QED) is 0.625. The summed E-state index contributed by atoms with van der Waals surface area (Å²) in [7, 11) is 1.82. The fourth-order valence-electron chi connectivity index (χ4n) is 2.50. The van der Waals surface area contributed by atoms with Crippen molar-refractivity contribution in [3.63, 3.8) is 0 Å². The largest absolute Gasteiger partial charge is 0.378 e. The smallest absolute Gasteiger partial charge is 0.299 e. The van der Waals surface area contributed by atoms with Crippen LogP contribution >= 0.6 is 0 Å². The first-order valence-electron chi connectivity index (χ1n) is 7.67. The number of aryl methyl sites for hydroxylation is 2. The van der Waals surface area contributed by atoms with Crippen LogP contribution in [0.2, 0.25) is 0 Å². The summed E-state index contributed by atoms with van der Waals surface area (Å²) >= 11 is 0. The molecule has 1 aliphatic rings. The van der Waals surface area contributed by atoms with E-state index in [-0.39, 0.29) is 5.91 Å². The maximum absolute atomic E-state index is 12.5. The van der Waals surface area contributed by atoms with Crippen molar-refractivity contribution in [1.82, 2.24) is 14.7 Å². The molecule has 3 rings (SSSR count). The van der Waals surface area contributed by atoms with Crippen molar-refractivity contribution in [2.24, 2.45) is 12.0 Å². The van der Waals surface area contributed by atoms with Crippen molar-refractivity contribution >= 4 is 11.7 Å². The van der Waals surface area contributed by atoms with Crippen LogP contribution in [0.4, 0.5) is 0 Å². The van der Waals surface area contributed by atoms with Crippen LogP contribution in [0.5, 0.6) is 0 Å². The van der Waals surface area contributed by atoms with Gasteiger partial charge in [0.15, 0.2) is 5.69 Å². The average molecular weight is 312 g/mol. The number of ether oxygens (including phenoxy) is 1. The van der Waals surface area contributed by atoms with Crippen molar-refractivity contribution < 1.29 is 9.53 Å². The lowest BCUT2D eigenvalue weighted by Crippen LogP contribution is -2.41. The van der Waals surface area contributed by atoms with Crippen LogP contribution in [0.25, 0.3) is 0 Å². The van der Waals surface area contributed by atoms with Gasteiger partial charge in [0.1, 0.15) is 5.84 Å². The summed E-state index contributed by atoms with van der Waals surface area (Å²) in [6.45, 7) is 4.64. The topological polar surface area (TPSA) is 59.7 Å². The predicted octanol–water partition coefficient (Wildman–Crippen LogP) is 1.65. The molecule has 0 aliphatic carbocycles. The second-order valence-electron chi connectivity index (χ2n) is 5.50. The Kier molecular flexibility index (Phi) is 4.52. The zero-order chi connectivity index (χ0) is 16.2. The highest BCUT2D eigenvalue weighted by Crippen LogP contribution is 2.11. The van der Waals surface area contributed by atoms with E-state index in [0.29, 0.717) is 24.7 Å². The Labute approximate surface area is 135 Å². The molecule has 0 N–H and O–H groups in total. The Bertz CT molecular complexity index is 696. The van der Waals surface area contributed by atoms with E-state index in [2.05, 4.69) is 15.0 Å². The van der Waals surface area contributed by atoms with Gasteiger partial charge in [-0.2, -0.15) is 10.1 Å². The number of rotatable bonds is 2. The molecule has 1 aromatic heterocycles. The van der Waals surface area contributed by atoms with Gasteiger partial charge in [0.2, 0.25) is 0 Å². The van der Waals surface area contributed by atoms with Crippen molar-refractivity contribution in [1.29, 1.82) is 0 Å². The van der Waals surface area contributed by atoms with Gasteiger partial charge >= 0.3 is 0 Å². The first-order valence-corrected chi connectivity index (χ1v) is 7.67. The highest BCUT2D eigenvalue weighted by Gasteiger charge is 2.19. The normalized spacial score (nSPS) is 15.7. The molecule has 0 saturated carbocycles. The van der Waals surface area contributed by atoms with E-state index in [1.54, 1.807) is 10.7 Å². The van der Waals surface area contributed by atoms with Crippen molar-refractivity contribution in [3.8, 4) is 0 Å². The molecule has 1 aromatic carbocycles. The average Bonchev–Trinajstić information content (AvgIpc) is 2.93. The molecular weight excluding hydrogens is 292 g/mol. The first-order chi connectivity index (χ1) is 11.1. The highest BCUT2D eigenvalue weighted by molar-refractivity contribution is 6.08. The lowest BCUT2D eigenvalue weighted by atomic mass is 10.2. The third-order valence-corrected chi connectivity index (χ3v) is 3.88. The Morgan fingerprint density at radius 1 is 1.22 bits per heavy atom. The molecule has 120 valence electrons. The van der Waals surface area contributed by atoms with E-state index in [1.165, 1.54) is 0 Å². The van der Waals surface area contributed by atoms with E-state index < -0.39 is 0 Å². The van der Waals surface area contributed by atoms with Crippen LogP contribution in [-0.2, 0) is 11.8 Å². The SMILES string of the molecule is Cc1cc(C(=O)N=C(c2ccccc2)N2CCOCC2)nn1C. The van der Waals surface area contributed by atoms with Gasteiger partial charge in [-0.15, -0.1) is 0 Å². The molecule has 6 heteroatoms. The number of aliphatic imine (C=N–C) groups is 1. The van der Waals surface area contributed by atoms with Crippen LogP contribution < -0.4 is 0 Å². The number of carbonyl (C=O) groups is 1.